The number of amides is 1. The first kappa shape index (κ1) is 25.2. The number of benzene rings is 2. The van der Waals surface area contributed by atoms with Crippen LogP contribution in [0.3, 0.4) is 0 Å². The molecule has 11 heteroatoms. The van der Waals surface area contributed by atoms with Gasteiger partial charge in [0, 0.05) is 42.5 Å². The minimum absolute atomic E-state index is 0.0102. The molecule has 0 aliphatic carbocycles. The van der Waals surface area contributed by atoms with Crippen LogP contribution < -0.4 is 14.4 Å². The molecule has 4 rings (SSSR count). The van der Waals surface area contributed by atoms with Crippen LogP contribution in [0.2, 0.25) is 0 Å². The number of alkyl halides is 1. The second-order valence-corrected chi connectivity index (χ2v) is 10.5. The van der Waals surface area contributed by atoms with Crippen LogP contribution in [0.25, 0.3) is 0 Å². The van der Waals surface area contributed by atoms with E-state index in [-0.39, 0.29) is 23.2 Å². The molecule has 0 radical (unpaired) electrons. The number of hydrogen-bond acceptors (Lipinski definition) is 7. The molecule has 1 aliphatic rings. The summed E-state index contributed by atoms with van der Waals surface area (Å²) in [6.45, 7) is 4.45. The van der Waals surface area contributed by atoms with Crippen molar-refractivity contribution in [2.75, 3.05) is 42.4 Å². The number of aryl methyl sites for hydroxylation is 1. The summed E-state index contributed by atoms with van der Waals surface area (Å²) >= 11 is 2.32. The fourth-order valence-corrected chi connectivity index (χ4v) is 5.27. The Labute approximate surface area is 218 Å². The van der Waals surface area contributed by atoms with E-state index < -0.39 is 10.0 Å². The van der Waals surface area contributed by atoms with Crippen LogP contribution in [0.15, 0.2) is 66.0 Å². The Hall–Kier alpha value is -2.93. The molecule has 0 bridgehead atoms. The molecule has 3 aromatic rings. The lowest BCUT2D eigenvalue weighted by Crippen LogP contribution is -2.50. The van der Waals surface area contributed by atoms with Crippen molar-refractivity contribution in [3.63, 3.8) is 0 Å². The molecular weight excluding hydrogens is 581 g/mol. The first-order valence-corrected chi connectivity index (χ1v) is 14.1. The number of halogens is 1. The molecule has 184 valence electrons. The third-order valence-corrected chi connectivity index (χ3v) is 7.96. The smallest absolute Gasteiger partial charge is 0.263 e. The summed E-state index contributed by atoms with van der Waals surface area (Å²) in [4.78, 5) is 24.4. The number of nitrogens with one attached hydrogen (secondary N) is 1. The topological polar surface area (TPSA) is 105 Å². The van der Waals surface area contributed by atoms with Gasteiger partial charge in [-0.3, -0.25) is 9.52 Å². The van der Waals surface area contributed by atoms with Gasteiger partial charge in [-0.05, 0) is 54.4 Å². The lowest BCUT2D eigenvalue weighted by Gasteiger charge is -2.36. The van der Waals surface area contributed by atoms with Crippen molar-refractivity contribution in [1.29, 1.82) is 0 Å². The Morgan fingerprint density at radius 2 is 1.83 bits per heavy atom. The first-order valence-electron chi connectivity index (χ1n) is 11.1. The third-order valence-electron chi connectivity index (χ3n) is 5.71. The van der Waals surface area contributed by atoms with Gasteiger partial charge >= 0.3 is 0 Å². The second kappa shape index (κ2) is 11.2. The zero-order chi connectivity index (χ0) is 24.8. The Balaban J connectivity index is 1.29. The monoisotopic (exact) mass is 607 g/mol. The molecule has 9 nitrogen and oxygen atoms in total. The average Bonchev–Trinajstić information content (AvgIpc) is 2.88. The van der Waals surface area contributed by atoms with Gasteiger partial charge < -0.3 is 14.5 Å². The quantitative estimate of drug-likeness (QED) is 0.310. The largest absolute Gasteiger partial charge is 0.484 e. The summed E-state index contributed by atoms with van der Waals surface area (Å²) < 4.78 is 34.3. The number of carbonyl (C=O) groups excluding carboxylic acids is 1. The van der Waals surface area contributed by atoms with Gasteiger partial charge in [0.15, 0.2) is 6.61 Å². The average molecular weight is 607 g/mol. The number of aromatic nitrogens is 2. The second-order valence-electron chi connectivity index (χ2n) is 8.08. The van der Waals surface area contributed by atoms with Crippen LogP contribution in [0.4, 0.5) is 11.5 Å². The van der Waals surface area contributed by atoms with Gasteiger partial charge in [-0.2, -0.15) is 0 Å². The van der Waals surface area contributed by atoms with E-state index in [0.717, 1.165) is 21.4 Å². The summed E-state index contributed by atoms with van der Waals surface area (Å²) in [6, 6.07) is 14.2. The van der Waals surface area contributed by atoms with Gasteiger partial charge in [0.25, 0.3) is 15.9 Å². The summed E-state index contributed by atoms with van der Waals surface area (Å²) in [6.07, 6.45) is 2.75. The van der Waals surface area contributed by atoms with Gasteiger partial charge in [-0.15, -0.1) is 0 Å². The number of rotatable bonds is 8. The minimum Gasteiger partial charge on any atom is -0.484 e. The fraction of sp³-hybridized carbons (Fsp3) is 0.292. The van der Waals surface area contributed by atoms with Crippen LogP contribution in [0.1, 0.15) is 11.1 Å². The van der Waals surface area contributed by atoms with E-state index >= 15 is 0 Å². The summed E-state index contributed by atoms with van der Waals surface area (Å²) in [7, 11) is -3.74. The molecule has 2 aromatic carbocycles. The molecule has 0 saturated carbocycles. The Bertz CT molecular complexity index is 1260. The van der Waals surface area contributed by atoms with Crippen LogP contribution in [0.5, 0.6) is 5.75 Å². The van der Waals surface area contributed by atoms with Gasteiger partial charge in [-0.1, -0.05) is 34.7 Å². The Morgan fingerprint density at radius 1 is 1.09 bits per heavy atom. The van der Waals surface area contributed by atoms with Crippen molar-refractivity contribution in [2.24, 2.45) is 0 Å². The summed E-state index contributed by atoms with van der Waals surface area (Å²) in [5, 5.41) is 0. The van der Waals surface area contributed by atoms with Crippen molar-refractivity contribution >= 4 is 50.0 Å². The molecule has 1 saturated heterocycles. The maximum Gasteiger partial charge on any atom is 0.263 e. The molecule has 0 spiro atoms. The maximum atomic E-state index is 12.7. The maximum absolute atomic E-state index is 12.7. The van der Waals surface area contributed by atoms with Crippen LogP contribution >= 0.6 is 22.6 Å². The third kappa shape index (κ3) is 6.40. The highest BCUT2D eigenvalue weighted by atomic mass is 127. The van der Waals surface area contributed by atoms with Gasteiger partial charge in [-0.25, -0.2) is 18.4 Å². The van der Waals surface area contributed by atoms with E-state index in [4.69, 9.17) is 4.74 Å². The molecule has 0 atom stereocenters. The van der Waals surface area contributed by atoms with Crippen molar-refractivity contribution in [3.05, 3.63) is 72.2 Å². The lowest BCUT2D eigenvalue weighted by atomic mass is 10.1. The van der Waals surface area contributed by atoms with Crippen LogP contribution in [-0.2, 0) is 19.2 Å². The van der Waals surface area contributed by atoms with Crippen molar-refractivity contribution in [3.8, 4) is 5.75 Å². The molecule has 1 fully saturated rings. The fourth-order valence-electron chi connectivity index (χ4n) is 3.79. The predicted octanol–water partition coefficient (Wildman–Crippen LogP) is 3.25. The van der Waals surface area contributed by atoms with Crippen LogP contribution in [-0.4, -0.2) is 62.0 Å². The standard InChI is InChI=1S/C24H26IN5O4S/c1-18-14-19(15-25)2-7-22(18)34-16-24(31)30-12-10-29(11-13-30)20-3-5-21(6-4-20)35(32,33)28-23-8-9-26-17-27-23/h2-9,14,17H,10-13,15-16H2,1H3,(H,26,27,28). The first-order chi connectivity index (χ1) is 16.9. The normalized spacial score (nSPS) is 14.0. The zero-order valence-electron chi connectivity index (χ0n) is 19.2. The van der Waals surface area contributed by atoms with E-state index in [1.807, 2.05) is 19.1 Å². The highest BCUT2D eigenvalue weighted by molar-refractivity contribution is 14.1. The zero-order valence-corrected chi connectivity index (χ0v) is 22.2. The number of hydrogen-bond donors (Lipinski definition) is 1. The van der Waals surface area contributed by atoms with Gasteiger partial charge in [0.2, 0.25) is 0 Å². The van der Waals surface area contributed by atoms with Crippen LogP contribution in [0, 0.1) is 6.92 Å². The van der Waals surface area contributed by atoms with E-state index in [1.165, 1.54) is 24.2 Å². The molecule has 1 aromatic heterocycles. The number of piperazine rings is 1. The summed E-state index contributed by atoms with van der Waals surface area (Å²) in [5.74, 6) is 0.899. The molecule has 35 heavy (non-hydrogen) atoms. The molecule has 0 unspecified atom stereocenters. The van der Waals surface area contributed by atoms with E-state index in [2.05, 4.69) is 48.2 Å². The highest BCUT2D eigenvalue weighted by Crippen LogP contribution is 2.22. The van der Waals surface area contributed by atoms with Gasteiger partial charge in [0.05, 0.1) is 4.90 Å². The number of ether oxygens (including phenoxy) is 1. The molecule has 1 N–H and O–H groups in total. The Morgan fingerprint density at radius 3 is 2.46 bits per heavy atom. The highest BCUT2D eigenvalue weighted by Gasteiger charge is 2.22. The number of anilines is 2. The Kier molecular flexibility index (Phi) is 8.06. The van der Waals surface area contributed by atoms with Crippen molar-refractivity contribution in [2.45, 2.75) is 16.2 Å². The van der Waals surface area contributed by atoms with E-state index in [1.54, 1.807) is 29.2 Å². The van der Waals surface area contributed by atoms with Crippen molar-refractivity contribution < 1.29 is 17.9 Å². The molecular formula is C24H26IN5O4S. The number of sulfonamides is 1. The molecule has 1 aliphatic heterocycles. The lowest BCUT2D eigenvalue weighted by molar-refractivity contribution is -0.133. The number of carbonyl (C=O) groups is 1. The SMILES string of the molecule is Cc1cc(CI)ccc1OCC(=O)N1CCN(c2ccc(S(=O)(=O)Nc3ccncn3)cc2)CC1. The summed E-state index contributed by atoms with van der Waals surface area (Å²) in [5.41, 5.74) is 3.15. The predicted molar refractivity (Wildman–Crippen MR) is 142 cm³/mol. The van der Waals surface area contributed by atoms with Crippen molar-refractivity contribution in [1.82, 2.24) is 14.9 Å². The van der Waals surface area contributed by atoms with Gasteiger partial charge in [0.1, 0.15) is 17.9 Å². The van der Waals surface area contributed by atoms with E-state index in [9.17, 15) is 13.2 Å². The molecule has 1 amide bonds. The van der Waals surface area contributed by atoms with E-state index in [0.29, 0.717) is 26.2 Å². The number of nitrogens with zero attached hydrogens (tertiary/aromatic N) is 4. The minimum atomic E-state index is -3.74. The molecule has 2 heterocycles.